The van der Waals surface area contributed by atoms with Crippen molar-refractivity contribution in [2.45, 2.75) is 13.1 Å². The van der Waals surface area contributed by atoms with Crippen LogP contribution in [0.3, 0.4) is 0 Å². The van der Waals surface area contributed by atoms with Gasteiger partial charge in [0.05, 0.1) is 24.2 Å². The molecule has 1 aliphatic rings. The summed E-state index contributed by atoms with van der Waals surface area (Å²) in [5, 5.41) is 12.5. The summed E-state index contributed by atoms with van der Waals surface area (Å²) in [6.07, 6.45) is 1.65. The second-order valence-corrected chi connectivity index (χ2v) is 8.78. The Hall–Kier alpha value is -3.53. The Morgan fingerprint density at radius 3 is 2.69 bits per heavy atom. The molecule has 0 saturated carbocycles. The number of aromatic nitrogens is 3. The van der Waals surface area contributed by atoms with E-state index in [9.17, 15) is 9.59 Å². The first-order chi connectivity index (χ1) is 17.0. The van der Waals surface area contributed by atoms with Crippen LogP contribution in [0.1, 0.15) is 15.9 Å². The van der Waals surface area contributed by atoms with Gasteiger partial charge in [0.2, 0.25) is 0 Å². The smallest absolute Gasteiger partial charge is 0.267 e. The molecule has 5 rings (SSSR count). The molecule has 1 amide bonds. The number of hydrogen-bond donors (Lipinski definition) is 2. The van der Waals surface area contributed by atoms with Gasteiger partial charge in [0, 0.05) is 43.9 Å². The third-order valence-corrected chi connectivity index (χ3v) is 6.57. The van der Waals surface area contributed by atoms with Gasteiger partial charge in [-0.2, -0.15) is 0 Å². The number of nitrogens with one attached hydrogen (secondary N) is 2. The Kier molecular flexibility index (Phi) is 6.63. The fourth-order valence-electron chi connectivity index (χ4n) is 4.26. The number of morpholine rings is 1. The highest BCUT2D eigenvalue weighted by molar-refractivity contribution is 6.31. The number of carbonyl (C=O) groups excluding carboxylic acids is 1. The first kappa shape index (κ1) is 23.2. The summed E-state index contributed by atoms with van der Waals surface area (Å²) in [4.78, 5) is 33.4. The van der Waals surface area contributed by atoms with Gasteiger partial charge in [-0.25, -0.2) is 4.98 Å². The molecule has 1 fully saturated rings. The second kappa shape index (κ2) is 9.99. The highest BCUT2D eigenvalue weighted by Crippen LogP contribution is 2.15. The van der Waals surface area contributed by atoms with Crippen LogP contribution in [-0.2, 0) is 17.8 Å². The molecule has 0 unspecified atom stereocenters. The lowest BCUT2D eigenvalue weighted by Crippen LogP contribution is -2.41. The summed E-state index contributed by atoms with van der Waals surface area (Å²) in [6, 6.07) is 14.0. The topological polar surface area (TPSA) is 105 Å². The van der Waals surface area contributed by atoms with E-state index in [4.69, 9.17) is 21.7 Å². The summed E-state index contributed by atoms with van der Waals surface area (Å²) < 4.78 is 8.53. The van der Waals surface area contributed by atoms with Gasteiger partial charge in [0.15, 0.2) is 0 Å². The van der Waals surface area contributed by atoms with Crippen molar-refractivity contribution in [1.82, 2.24) is 24.2 Å². The molecule has 0 radical (unpaired) electrons. The Morgan fingerprint density at radius 1 is 1.11 bits per heavy atom. The van der Waals surface area contributed by atoms with E-state index in [0.29, 0.717) is 42.6 Å². The van der Waals surface area contributed by atoms with Crippen LogP contribution in [0.2, 0.25) is 5.02 Å². The van der Waals surface area contributed by atoms with E-state index >= 15 is 0 Å². The molecule has 35 heavy (non-hydrogen) atoms. The summed E-state index contributed by atoms with van der Waals surface area (Å²) in [7, 11) is 0. The Labute approximate surface area is 206 Å². The summed E-state index contributed by atoms with van der Waals surface area (Å²) in [5.41, 5.74) is 1.48. The number of amides is 1. The van der Waals surface area contributed by atoms with E-state index in [1.807, 2.05) is 24.3 Å². The maximum absolute atomic E-state index is 13.3. The molecule has 0 spiro atoms. The van der Waals surface area contributed by atoms with Gasteiger partial charge in [-0.1, -0.05) is 35.9 Å². The number of benzene rings is 1. The predicted octanol–water partition coefficient (Wildman–Crippen LogP) is 2.04. The minimum Gasteiger partial charge on any atom is -0.379 e. The Bertz CT molecular complexity index is 1520. The van der Waals surface area contributed by atoms with Crippen molar-refractivity contribution in [3.05, 3.63) is 86.7 Å². The van der Waals surface area contributed by atoms with Crippen LogP contribution in [-0.4, -0.2) is 57.6 Å². The minimum absolute atomic E-state index is 0.00889. The van der Waals surface area contributed by atoms with Crippen LogP contribution < -0.4 is 16.4 Å². The zero-order valence-electron chi connectivity index (χ0n) is 19.0. The first-order valence-corrected chi connectivity index (χ1v) is 11.8. The van der Waals surface area contributed by atoms with Gasteiger partial charge in [0.1, 0.15) is 16.8 Å². The van der Waals surface area contributed by atoms with Crippen LogP contribution in [0.25, 0.3) is 16.7 Å². The number of rotatable bonds is 6. The van der Waals surface area contributed by atoms with Gasteiger partial charge in [-0.3, -0.25) is 24.3 Å². The van der Waals surface area contributed by atoms with E-state index in [1.165, 1.54) is 10.5 Å². The predicted molar refractivity (Wildman–Crippen MR) is 133 cm³/mol. The number of hydrogen-bond acceptors (Lipinski definition) is 6. The van der Waals surface area contributed by atoms with Gasteiger partial charge >= 0.3 is 0 Å². The van der Waals surface area contributed by atoms with Crippen LogP contribution in [0.4, 0.5) is 0 Å². The maximum Gasteiger partial charge on any atom is 0.267 e. The molecular weight excluding hydrogens is 468 g/mol. The van der Waals surface area contributed by atoms with Gasteiger partial charge < -0.3 is 14.6 Å². The molecule has 9 nitrogen and oxygen atoms in total. The highest BCUT2D eigenvalue weighted by atomic mass is 35.5. The standard InChI is InChI=1S/C25H25ClN6O3/c26-20-6-2-1-5-17(20)16-28-24(33)18-15-19-23(29-21-7-3-4-8-31(21)25(19)34)32(22(18)27)10-9-30-11-13-35-14-12-30/h1-8,15,27H,9-14,16H2,(H,28,33). The fourth-order valence-corrected chi connectivity index (χ4v) is 4.46. The Morgan fingerprint density at radius 2 is 1.89 bits per heavy atom. The van der Waals surface area contributed by atoms with Crippen molar-refractivity contribution in [2.24, 2.45) is 0 Å². The molecule has 0 bridgehead atoms. The second-order valence-electron chi connectivity index (χ2n) is 8.37. The summed E-state index contributed by atoms with van der Waals surface area (Å²) >= 11 is 6.22. The Balaban J connectivity index is 1.57. The van der Waals surface area contributed by atoms with Crippen molar-refractivity contribution in [2.75, 3.05) is 32.8 Å². The molecule has 0 atom stereocenters. The van der Waals surface area contributed by atoms with Crippen molar-refractivity contribution in [3.63, 3.8) is 0 Å². The van der Waals surface area contributed by atoms with Gasteiger partial charge in [-0.15, -0.1) is 0 Å². The van der Waals surface area contributed by atoms with E-state index < -0.39 is 5.91 Å². The third-order valence-electron chi connectivity index (χ3n) is 6.20. The molecule has 1 aromatic carbocycles. The molecule has 4 heterocycles. The highest BCUT2D eigenvalue weighted by Gasteiger charge is 2.19. The van der Waals surface area contributed by atoms with Crippen LogP contribution in [0.15, 0.2) is 59.5 Å². The zero-order chi connectivity index (χ0) is 24.4. The normalized spacial score (nSPS) is 14.4. The van der Waals surface area contributed by atoms with Gasteiger partial charge in [0.25, 0.3) is 11.5 Å². The zero-order valence-corrected chi connectivity index (χ0v) is 19.8. The summed E-state index contributed by atoms with van der Waals surface area (Å²) in [5.74, 6) is -0.450. The van der Waals surface area contributed by atoms with Crippen molar-refractivity contribution in [1.29, 1.82) is 5.41 Å². The quantitative estimate of drug-likeness (QED) is 0.401. The number of carbonyl (C=O) groups is 1. The van der Waals surface area contributed by atoms with Crippen LogP contribution >= 0.6 is 11.6 Å². The number of halogens is 1. The SMILES string of the molecule is N=c1c(C(=O)NCc2ccccc2Cl)cc2c(=O)n3ccccc3nc2n1CCN1CCOCC1. The van der Waals surface area contributed by atoms with Crippen LogP contribution in [0, 0.1) is 5.41 Å². The average Bonchev–Trinajstić information content (AvgIpc) is 2.88. The van der Waals surface area contributed by atoms with E-state index in [2.05, 4.69) is 15.2 Å². The average molecular weight is 493 g/mol. The van der Waals surface area contributed by atoms with E-state index in [-0.39, 0.29) is 28.5 Å². The van der Waals surface area contributed by atoms with Crippen molar-refractivity contribution < 1.29 is 9.53 Å². The number of pyridine rings is 2. The lowest BCUT2D eigenvalue weighted by Gasteiger charge is -2.27. The minimum atomic E-state index is -0.450. The number of fused-ring (bicyclic) bond motifs is 2. The van der Waals surface area contributed by atoms with Gasteiger partial charge in [-0.05, 0) is 29.8 Å². The molecule has 180 valence electrons. The van der Waals surface area contributed by atoms with Crippen molar-refractivity contribution >= 4 is 34.2 Å². The maximum atomic E-state index is 13.3. The molecule has 1 aliphatic heterocycles. The molecule has 3 aromatic heterocycles. The summed E-state index contributed by atoms with van der Waals surface area (Å²) in [6.45, 7) is 4.18. The number of nitrogens with zero attached hydrogens (tertiary/aromatic N) is 4. The molecule has 2 N–H and O–H groups in total. The fraction of sp³-hybridized carbons (Fsp3) is 0.280. The molecular formula is C25H25ClN6O3. The molecule has 1 saturated heterocycles. The lowest BCUT2D eigenvalue weighted by molar-refractivity contribution is 0.0363. The monoisotopic (exact) mass is 492 g/mol. The molecule has 4 aromatic rings. The largest absolute Gasteiger partial charge is 0.379 e. The number of ether oxygens (including phenoxy) is 1. The third kappa shape index (κ3) is 4.70. The van der Waals surface area contributed by atoms with Crippen LogP contribution in [0.5, 0.6) is 0 Å². The molecule has 10 heteroatoms. The van der Waals surface area contributed by atoms with E-state index in [0.717, 1.165) is 18.7 Å². The lowest BCUT2D eigenvalue weighted by atomic mass is 10.1. The molecule has 0 aliphatic carbocycles. The van der Waals surface area contributed by atoms with Crippen molar-refractivity contribution in [3.8, 4) is 0 Å². The first-order valence-electron chi connectivity index (χ1n) is 11.4. The van der Waals surface area contributed by atoms with E-state index in [1.54, 1.807) is 29.0 Å².